The van der Waals surface area contributed by atoms with E-state index in [0.29, 0.717) is 5.92 Å². The van der Waals surface area contributed by atoms with Crippen LogP contribution in [-0.4, -0.2) is 5.11 Å². The van der Waals surface area contributed by atoms with Gasteiger partial charge in [-0.25, -0.2) is 0 Å². The van der Waals surface area contributed by atoms with Crippen LogP contribution in [0, 0.1) is 5.92 Å². The van der Waals surface area contributed by atoms with Gasteiger partial charge in [0.2, 0.25) is 0 Å². The standard InChI is InChI=1S/C15H22O/c1-3-6-12-7-5-8-14(11-12)15(16,4-2)13-9-10-13/h5,7-8,11,13,16H,3-4,6,9-10H2,1-2H3. The van der Waals surface area contributed by atoms with Gasteiger partial charge < -0.3 is 5.11 Å². The summed E-state index contributed by atoms with van der Waals surface area (Å²) in [6.07, 6.45) is 5.47. The fourth-order valence-corrected chi connectivity index (χ4v) is 2.57. The maximum Gasteiger partial charge on any atom is 0.0922 e. The summed E-state index contributed by atoms with van der Waals surface area (Å²) in [4.78, 5) is 0. The van der Waals surface area contributed by atoms with Crippen molar-refractivity contribution in [3.8, 4) is 0 Å². The molecule has 1 aliphatic rings. The molecule has 0 saturated heterocycles. The monoisotopic (exact) mass is 218 g/mol. The highest BCUT2D eigenvalue weighted by molar-refractivity contribution is 5.30. The first kappa shape index (κ1) is 11.7. The number of hydrogen-bond acceptors (Lipinski definition) is 1. The Bertz CT molecular complexity index is 354. The van der Waals surface area contributed by atoms with Crippen molar-refractivity contribution >= 4 is 0 Å². The molecule has 1 saturated carbocycles. The van der Waals surface area contributed by atoms with Crippen molar-refractivity contribution in [2.75, 3.05) is 0 Å². The van der Waals surface area contributed by atoms with E-state index in [4.69, 9.17) is 0 Å². The zero-order chi connectivity index (χ0) is 11.6. The molecule has 2 rings (SSSR count). The minimum Gasteiger partial charge on any atom is -0.385 e. The van der Waals surface area contributed by atoms with Gasteiger partial charge in [0.1, 0.15) is 0 Å². The van der Waals surface area contributed by atoms with Gasteiger partial charge in [-0.3, -0.25) is 0 Å². The van der Waals surface area contributed by atoms with Gasteiger partial charge in [0.25, 0.3) is 0 Å². The molecule has 0 aliphatic heterocycles. The number of hydrogen-bond donors (Lipinski definition) is 1. The van der Waals surface area contributed by atoms with E-state index in [2.05, 4.69) is 38.1 Å². The normalized spacial score (nSPS) is 19.4. The average Bonchev–Trinajstić information content (AvgIpc) is 3.13. The lowest BCUT2D eigenvalue weighted by Gasteiger charge is -2.27. The summed E-state index contributed by atoms with van der Waals surface area (Å²) in [5, 5.41) is 10.7. The Kier molecular flexibility index (Phi) is 3.34. The molecule has 0 spiro atoms. The van der Waals surface area contributed by atoms with Crippen LogP contribution in [-0.2, 0) is 12.0 Å². The van der Waals surface area contributed by atoms with Crippen LogP contribution in [0.2, 0.25) is 0 Å². The molecular formula is C15H22O. The van der Waals surface area contributed by atoms with Crippen LogP contribution in [0.3, 0.4) is 0 Å². The highest BCUT2D eigenvalue weighted by atomic mass is 16.3. The van der Waals surface area contributed by atoms with E-state index in [1.54, 1.807) is 0 Å². The first-order valence-corrected chi connectivity index (χ1v) is 6.52. The first-order valence-electron chi connectivity index (χ1n) is 6.52. The molecule has 1 atom stereocenters. The molecule has 0 radical (unpaired) electrons. The molecule has 1 heteroatoms. The third-order valence-electron chi connectivity index (χ3n) is 3.76. The Morgan fingerprint density at radius 3 is 2.62 bits per heavy atom. The summed E-state index contributed by atoms with van der Waals surface area (Å²) in [5.41, 5.74) is 1.92. The Labute approximate surface area is 98.5 Å². The number of benzene rings is 1. The number of aryl methyl sites for hydroxylation is 1. The van der Waals surface area contributed by atoms with Crippen molar-refractivity contribution in [2.24, 2.45) is 5.92 Å². The molecule has 0 aromatic heterocycles. The fraction of sp³-hybridized carbons (Fsp3) is 0.600. The van der Waals surface area contributed by atoms with E-state index < -0.39 is 5.60 Å². The molecule has 1 aliphatic carbocycles. The van der Waals surface area contributed by atoms with Crippen LogP contribution in [0.5, 0.6) is 0 Å². The van der Waals surface area contributed by atoms with Crippen molar-refractivity contribution in [1.29, 1.82) is 0 Å². The van der Waals surface area contributed by atoms with Crippen molar-refractivity contribution < 1.29 is 5.11 Å². The van der Waals surface area contributed by atoms with Gasteiger partial charge in [-0.2, -0.15) is 0 Å². The molecule has 16 heavy (non-hydrogen) atoms. The third kappa shape index (κ3) is 2.15. The summed E-state index contributed by atoms with van der Waals surface area (Å²) >= 11 is 0. The topological polar surface area (TPSA) is 20.2 Å². The van der Waals surface area contributed by atoms with Crippen LogP contribution >= 0.6 is 0 Å². The Balaban J connectivity index is 2.27. The van der Waals surface area contributed by atoms with Crippen molar-refractivity contribution in [1.82, 2.24) is 0 Å². The lowest BCUT2D eigenvalue weighted by atomic mass is 9.85. The van der Waals surface area contributed by atoms with Crippen molar-refractivity contribution in [2.45, 2.75) is 51.6 Å². The Hall–Kier alpha value is -0.820. The van der Waals surface area contributed by atoms with Crippen LogP contribution in [0.25, 0.3) is 0 Å². The zero-order valence-electron chi connectivity index (χ0n) is 10.4. The molecule has 1 fully saturated rings. The molecule has 1 unspecified atom stereocenters. The Morgan fingerprint density at radius 2 is 2.06 bits per heavy atom. The van der Waals surface area contributed by atoms with Gasteiger partial charge in [-0.05, 0) is 42.7 Å². The summed E-state index contributed by atoms with van der Waals surface area (Å²) < 4.78 is 0. The molecule has 1 N–H and O–H groups in total. The van der Waals surface area contributed by atoms with E-state index in [1.807, 2.05) is 0 Å². The number of rotatable bonds is 5. The lowest BCUT2D eigenvalue weighted by molar-refractivity contribution is 0.00883. The molecule has 0 heterocycles. The maximum atomic E-state index is 10.7. The van der Waals surface area contributed by atoms with Gasteiger partial charge >= 0.3 is 0 Å². The van der Waals surface area contributed by atoms with E-state index in [-0.39, 0.29) is 0 Å². The molecule has 1 aromatic rings. The van der Waals surface area contributed by atoms with Gasteiger partial charge in [-0.15, -0.1) is 0 Å². The van der Waals surface area contributed by atoms with Crippen molar-refractivity contribution in [3.63, 3.8) is 0 Å². The molecule has 88 valence electrons. The summed E-state index contributed by atoms with van der Waals surface area (Å²) in [6.45, 7) is 4.28. The van der Waals surface area contributed by atoms with Gasteiger partial charge in [-0.1, -0.05) is 44.5 Å². The predicted octanol–water partition coefficient (Wildman–Crippen LogP) is 3.65. The largest absolute Gasteiger partial charge is 0.385 e. The van der Waals surface area contributed by atoms with E-state index in [9.17, 15) is 5.11 Å². The smallest absolute Gasteiger partial charge is 0.0922 e. The molecule has 1 aromatic carbocycles. The summed E-state index contributed by atoms with van der Waals surface area (Å²) in [6, 6.07) is 8.53. The summed E-state index contributed by atoms with van der Waals surface area (Å²) in [7, 11) is 0. The Morgan fingerprint density at radius 1 is 1.31 bits per heavy atom. The van der Waals surface area contributed by atoms with Gasteiger partial charge in [0, 0.05) is 0 Å². The molecular weight excluding hydrogens is 196 g/mol. The second-order valence-electron chi connectivity index (χ2n) is 5.00. The third-order valence-corrected chi connectivity index (χ3v) is 3.76. The van der Waals surface area contributed by atoms with E-state index in [1.165, 1.54) is 18.4 Å². The van der Waals surface area contributed by atoms with Crippen LogP contribution in [0.4, 0.5) is 0 Å². The van der Waals surface area contributed by atoms with Crippen LogP contribution < -0.4 is 0 Å². The predicted molar refractivity (Wildman–Crippen MR) is 67.3 cm³/mol. The zero-order valence-corrected chi connectivity index (χ0v) is 10.4. The molecule has 0 bridgehead atoms. The highest BCUT2D eigenvalue weighted by Gasteiger charge is 2.43. The molecule has 0 amide bonds. The van der Waals surface area contributed by atoms with Gasteiger partial charge in [0.05, 0.1) is 5.60 Å². The number of aliphatic hydroxyl groups is 1. The first-order chi connectivity index (χ1) is 7.70. The van der Waals surface area contributed by atoms with E-state index >= 15 is 0 Å². The van der Waals surface area contributed by atoms with E-state index in [0.717, 1.165) is 24.8 Å². The second-order valence-corrected chi connectivity index (χ2v) is 5.00. The fourth-order valence-electron chi connectivity index (χ4n) is 2.57. The second kappa shape index (κ2) is 4.58. The van der Waals surface area contributed by atoms with Crippen molar-refractivity contribution in [3.05, 3.63) is 35.4 Å². The minimum atomic E-state index is -0.566. The quantitative estimate of drug-likeness (QED) is 0.800. The molecule has 1 nitrogen and oxygen atoms in total. The van der Waals surface area contributed by atoms with Gasteiger partial charge in [0.15, 0.2) is 0 Å². The van der Waals surface area contributed by atoms with Crippen LogP contribution in [0.15, 0.2) is 24.3 Å². The summed E-state index contributed by atoms with van der Waals surface area (Å²) in [5.74, 6) is 0.495. The highest BCUT2D eigenvalue weighted by Crippen LogP contribution is 2.47. The maximum absolute atomic E-state index is 10.7. The lowest BCUT2D eigenvalue weighted by Crippen LogP contribution is -2.27. The average molecular weight is 218 g/mol. The minimum absolute atomic E-state index is 0.495. The SMILES string of the molecule is CCCc1cccc(C(O)(CC)C2CC2)c1. The van der Waals surface area contributed by atoms with Crippen LogP contribution in [0.1, 0.15) is 50.7 Å².